The lowest BCUT2D eigenvalue weighted by Gasteiger charge is -2.40. The summed E-state index contributed by atoms with van der Waals surface area (Å²) in [6.07, 6.45) is 1.41. The molecule has 1 aromatic rings. The number of benzene rings is 1. The minimum Gasteiger partial charge on any atom is -0.478 e. The molecule has 0 atom stereocenters. The van der Waals surface area contributed by atoms with E-state index in [2.05, 4.69) is 0 Å². The molecule has 2 heterocycles. The molecule has 2 aliphatic heterocycles. The number of piperidine rings is 1. The Morgan fingerprint density at radius 2 is 1.74 bits per heavy atom. The molecule has 2 saturated heterocycles. The van der Waals surface area contributed by atoms with Crippen molar-refractivity contribution in [2.24, 2.45) is 0 Å². The quantitative estimate of drug-likeness (QED) is 0.849. The van der Waals surface area contributed by atoms with Crippen LogP contribution in [-0.2, 0) is 14.3 Å². The van der Waals surface area contributed by atoms with Crippen LogP contribution in [-0.4, -0.2) is 48.5 Å². The number of carbonyl (C=O) groups is 1. The maximum Gasteiger partial charge on any atom is 0.266 e. The molecule has 0 radical (unpaired) electrons. The maximum atomic E-state index is 12.8. The fraction of sp³-hybridized carbons (Fsp3) is 0.588. The van der Waals surface area contributed by atoms with Gasteiger partial charge in [-0.3, -0.25) is 4.79 Å². The maximum absolute atomic E-state index is 12.8. The van der Waals surface area contributed by atoms with Crippen LogP contribution in [0.5, 0.6) is 5.75 Å². The molecule has 0 saturated carbocycles. The number of hydrogen-bond acceptors (Lipinski definition) is 4. The summed E-state index contributed by atoms with van der Waals surface area (Å²) in [5.41, 5.74) is -0.935. The van der Waals surface area contributed by atoms with Crippen molar-refractivity contribution in [3.63, 3.8) is 0 Å². The third kappa shape index (κ3) is 3.62. The molecule has 23 heavy (non-hydrogen) atoms. The first kappa shape index (κ1) is 16.6. The highest BCUT2D eigenvalue weighted by Gasteiger charge is 2.43. The van der Waals surface area contributed by atoms with E-state index in [-0.39, 0.29) is 5.91 Å². The molecule has 0 aromatic heterocycles. The van der Waals surface area contributed by atoms with Crippen LogP contribution in [0.4, 0.5) is 0 Å². The average Bonchev–Trinajstić information content (AvgIpc) is 2.98. The standard InChI is InChI=1S/C17H22ClNO4/c1-16(2,23-14-5-3-13(18)4-6-14)15(20)19-9-7-17(8-10-19)21-11-12-22-17/h3-6H,7-12H2,1-2H3. The zero-order valence-electron chi connectivity index (χ0n) is 13.5. The Kier molecular flexibility index (Phi) is 4.54. The Balaban J connectivity index is 1.61. The predicted octanol–water partition coefficient (Wildman–Crippen LogP) is 2.86. The molecule has 126 valence electrons. The van der Waals surface area contributed by atoms with Gasteiger partial charge in [-0.25, -0.2) is 0 Å². The molecule has 3 rings (SSSR count). The Bertz CT molecular complexity index is 556. The van der Waals surface area contributed by atoms with Gasteiger partial charge in [0.25, 0.3) is 5.91 Å². The second-order valence-electron chi connectivity index (χ2n) is 6.47. The molecule has 0 aliphatic carbocycles. The van der Waals surface area contributed by atoms with E-state index in [1.165, 1.54) is 0 Å². The van der Waals surface area contributed by atoms with Crippen LogP contribution in [0, 0.1) is 0 Å². The van der Waals surface area contributed by atoms with E-state index in [0.29, 0.717) is 49.9 Å². The van der Waals surface area contributed by atoms with Crippen molar-refractivity contribution in [1.82, 2.24) is 4.90 Å². The van der Waals surface area contributed by atoms with E-state index < -0.39 is 11.4 Å². The summed E-state index contributed by atoms with van der Waals surface area (Å²) in [5, 5.41) is 0.638. The molecule has 6 heteroatoms. The lowest BCUT2D eigenvalue weighted by Crippen LogP contribution is -2.54. The molecule has 1 aromatic carbocycles. The monoisotopic (exact) mass is 339 g/mol. The van der Waals surface area contributed by atoms with Crippen LogP contribution in [0.15, 0.2) is 24.3 Å². The Hall–Kier alpha value is -1.30. The van der Waals surface area contributed by atoms with Crippen LogP contribution in [0.1, 0.15) is 26.7 Å². The van der Waals surface area contributed by atoms with Gasteiger partial charge in [0, 0.05) is 31.0 Å². The van der Waals surface area contributed by atoms with Gasteiger partial charge in [0.2, 0.25) is 0 Å². The fourth-order valence-corrected chi connectivity index (χ4v) is 3.18. The SMILES string of the molecule is CC(C)(Oc1ccc(Cl)cc1)C(=O)N1CCC2(CC1)OCCO2. The highest BCUT2D eigenvalue weighted by molar-refractivity contribution is 6.30. The molecule has 0 N–H and O–H groups in total. The van der Waals surface area contributed by atoms with Crippen LogP contribution < -0.4 is 4.74 Å². The number of amides is 1. The van der Waals surface area contributed by atoms with Crippen molar-refractivity contribution >= 4 is 17.5 Å². The molecule has 2 fully saturated rings. The van der Waals surface area contributed by atoms with Crippen molar-refractivity contribution in [3.05, 3.63) is 29.3 Å². The summed E-state index contributed by atoms with van der Waals surface area (Å²) in [6.45, 7) is 6.09. The minimum absolute atomic E-state index is 0.0275. The predicted molar refractivity (Wildman–Crippen MR) is 86.6 cm³/mol. The third-order valence-electron chi connectivity index (χ3n) is 4.33. The summed E-state index contributed by atoms with van der Waals surface area (Å²) in [6, 6.07) is 7.03. The van der Waals surface area contributed by atoms with Crippen molar-refractivity contribution in [3.8, 4) is 5.75 Å². The first-order valence-electron chi connectivity index (χ1n) is 7.92. The Labute approximate surface area is 141 Å². The zero-order valence-corrected chi connectivity index (χ0v) is 14.3. The summed E-state index contributed by atoms with van der Waals surface area (Å²) in [5.74, 6) is 0.127. The van der Waals surface area contributed by atoms with Crippen molar-refractivity contribution in [2.75, 3.05) is 26.3 Å². The molecule has 2 aliphatic rings. The molecule has 1 spiro atoms. The zero-order chi connectivity index (χ0) is 16.5. The van der Waals surface area contributed by atoms with Gasteiger partial charge in [0.1, 0.15) is 5.75 Å². The molecular weight excluding hydrogens is 318 g/mol. The number of rotatable bonds is 3. The number of ether oxygens (including phenoxy) is 3. The average molecular weight is 340 g/mol. The molecule has 1 amide bonds. The van der Waals surface area contributed by atoms with Crippen LogP contribution in [0.2, 0.25) is 5.02 Å². The van der Waals surface area contributed by atoms with Gasteiger partial charge in [-0.05, 0) is 38.1 Å². The number of likely N-dealkylation sites (tertiary alicyclic amines) is 1. The normalized spacial score (nSPS) is 20.7. The van der Waals surface area contributed by atoms with Crippen LogP contribution >= 0.6 is 11.6 Å². The van der Waals surface area contributed by atoms with Gasteiger partial charge < -0.3 is 19.1 Å². The van der Waals surface area contributed by atoms with E-state index in [1.807, 2.05) is 4.90 Å². The minimum atomic E-state index is -0.935. The lowest BCUT2D eigenvalue weighted by atomic mass is 10.0. The fourth-order valence-electron chi connectivity index (χ4n) is 3.06. The molecular formula is C17H22ClNO4. The highest BCUT2D eigenvalue weighted by atomic mass is 35.5. The molecule has 5 nitrogen and oxygen atoms in total. The molecule has 0 unspecified atom stereocenters. The van der Waals surface area contributed by atoms with Gasteiger partial charge in [-0.1, -0.05) is 11.6 Å². The Morgan fingerprint density at radius 3 is 2.30 bits per heavy atom. The van der Waals surface area contributed by atoms with Gasteiger partial charge in [-0.15, -0.1) is 0 Å². The summed E-state index contributed by atoms with van der Waals surface area (Å²) in [7, 11) is 0. The Morgan fingerprint density at radius 1 is 1.17 bits per heavy atom. The summed E-state index contributed by atoms with van der Waals surface area (Å²) in [4.78, 5) is 14.6. The lowest BCUT2D eigenvalue weighted by molar-refractivity contribution is -0.190. The van der Waals surface area contributed by atoms with Gasteiger partial charge >= 0.3 is 0 Å². The van der Waals surface area contributed by atoms with Gasteiger partial charge in [0.15, 0.2) is 11.4 Å². The number of hydrogen-bond donors (Lipinski definition) is 0. The van der Waals surface area contributed by atoms with E-state index in [1.54, 1.807) is 38.1 Å². The van der Waals surface area contributed by atoms with E-state index in [9.17, 15) is 4.79 Å². The summed E-state index contributed by atoms with van der Waals surface area (Å²) >= 11 is 5.87. The van der Waals surface area contributed by atoms with Crippen molar-refractivity contribution in [1.29, 1.82) is 0 Å². The van der Waals surface area contributed by atoms with Crippen molar-refractivity contribution in [2.45, 2.75) is 38.1 Å². The second-order valence-corrected chi connectivity index (χ2v) is 6.90. The van der Waals surface area contributed by atoms with Gasteiger partial charge in [-0.2, -0.15) is 0 Å². The third-order valence-corrected chi connectivity index (χ3v) is 4.58. The number of carbonyl (C=O) groups excluding carboxylic acids is 1. The van der Waals surface area contributed by atoms with Gasteiger partial charge in [0.05, 0.1) is 13.2 Å². The van der Waals surface area contributed by atoms with E-state index in [0.717, 1.165) is 0 Å². The van der Waals surface area contributed by atoms with Crippen molar-refractivity contribution < 1.29 is 19.0 Å². The second kappa shape index (κ2) is 6.30. The van der Waals surface area contributed by atoms with Crippen LogP contribution in [0.3, 0.4) is 0 Å². The first-order valence-corrected chi connectivity index (χ1v) is 8.30. The van der Waals surface area contributed by atoms with Crippen LogP contribution in [0.25, 0.3) is 0 Å². The number of halogens is 1. The van der Waals surface area contributed by atoms with E-state index in [4.69, 9.17) is 25.8 Å². The largest absolute Gasteiger partial charge is 0.478 e. The first-order chi connectivity index (χ1) is 10.9. The smallest absolute Gasteiger partial charge is 0.266 e. The topological polar surface area (TPSA) is 48.0 Å². The highest BCUT2D eigenvalue weighted by Crippen LogP contribution is 2.32. The van der Waals surface area contributed by atoms with E-state index >= 15 is 0 Å². The number of nitrogens with zero attached hydrogens (tertiary/aromatic N) is 1. The summed E-state index contributed by atoms with van der Waals surface area (Å²) < 4.78 is 17.3. The molecule has 0 bridgehead atoms.